The summed E-state index contributed by atoms with van der Waals surface area (Å²) in [4.78, 5) is 37.4. The zero-order chi connectivity index (χ0) is 19.4. The highest BCUT2D eigenvalue weighted by Crippen LogP contribution is 2.48. The second-order valence-electron chi connectivity index (χ2n) is 7.54. The van der Waals surface area contributed by atoms with Gasteiger partial charge < -0.3 is 9.72 Å². The molecule has 0 amide bonds. The summed E-state index contributed by atoms with van der Waals surface area (Å²) in [6.07, 6.45) is 3.59. The number of H-pyrrole nitrogens is 1. The van der Waals surface area contributed by atoms with Gasteiger partial charge in [0.25, 0.3) is 5.56 Å². The van der Waals surface area contributed by atoms with Gasteiger partial charge in [-0.2, -0.15) is 0 Å². The van der Waals surface area contributed by atoms with Gasteiger partial charge in [-0.1, -0.05) is 0 Å². The molecule has 1 fully saturated rings. The van der Waals surface area contributed by atoms with E-state index < -0.39 is 5.97 Å². The minimum absolute atomic E-state index is 0.180. The molecule has 8 heteroatoms. The molecule has 0 unspecified atom stereocenters. The molecule has 4 heterocycles. The molecule has 0 bridgehead atoms. The van der Waals surface area contributed by atoms with E-state index >= 15 is 0 Å². The van der Waals surface area contributed by atoms with E-state index in [9.17, 15) is 9.59 Å². The van der Waals surface area contributed by atoms with E-state index in [0.29, 0.717) is 45.0 Å². The Labute approximate surface area is 170 Å². The van der Waals surface area contributed by atoms with Crippen LogP contribution in [0.25, 0.3) is 10.2 Å². The number of aromatic nitrogens is 2. The molecule has 28 heavy (non-hydrogen) atoms. The van der Waals surface area contributed by atoms with E-state index in [2.05, 4.69) is 21.3 Å². The second-order valence-corrected chi connectivity index (χ2v) is 9.54. The molecule has 5 rings (SSSR count). The molecule has 1 saturated carbocycles. The van der Waals surface area contributed by atoms with Gasteiger partial charge in [-0.15, -0.1) is 22.7 Å². The van der Waals surface area contributed by atoms with Crippen molar-refractivity contribution in [3.8, 4) is 0 Å². The first kappa shape index (κ1) is 18.0. The first-order valence-corrected chi connectivity index (χ1v) is 11.2. The number of esters is 1. The Balaban J connectivity index is 1.50. The molecule has 146 valence electrons. The maximum Gasteiger partial charge on any atom is 0.348 e. The Hall–Kier alpha value is -2.03. The fourth-order valence-corrected chi connectivity index (χ4v) is 6.31. The highest BCUT2D eigenvalue weighted by Gasteiger charge is 2.40. The fourth-order valence-electron chi connectivity index (χ4n) is 4.28. The summed E-state index contributed by atoms with van der Waals surface area (Å²) in [5, 5.41) is 2.69. The summed E-state index contributed by atoms with van der Waals surface area (Å²) < 4.78 is 4.84. The van der Waals surface area contributed by atoms with Crippen LogP contribution in [0, 0.1) is 12.8 Å². The SMILES string of the molecule is COC(=O)c1sc2nc(CN3CCc4sccc4[C@@H]3C3CC3)[nH]c(=O)c2c1C. The standard InChI is InChI=1S/C20H21N3O3S2/c1-10-15-18(24)21-14(22-19(15)28-17(10)20(25)26-2)9-23-7-5-13-12(6-8-27-13)16(23)11-3-4-11/h6,8,11,16H,3-5,7,9H2,1-2H3,(H,21,22,24)/t16-/m0/s1. The smallest absolute Gasteiger partial charge is 0.348 e. The van der Waals surface area contributed by atoms with Gasteiger partial charge in [0.05, 0.1) is 19.0 Å². The number of methoxy groups -OCH3 is 1. The molecule has 2 aliphatic rings. The van der Waals surface area contributed by atoms with Crippen LogP contribution in [0.15, 0.2) is 16.2 Å². The van der Waals surface area contributed by atoms with Crippen molar-refractivity contribution in [2.45, 2.75) is 38.8 Å². The number of thiophene rings is 2. The summed E-state index contributed by atoms with van der Waals surface area (Å²) in [6, 6.07) is 2.69. The zero-order valence-corrected chi connectivity index (χ0v) is 17.4. The molecule has 3 aromatic heterocycles. The maximum atomic E-state index is 12.7. The van der Waals surface area contributed by atoms with Crippen LogP contribution >= 0.6 is 22.7 Å². The number of rotatable bonds is 4. The van der Waals surface area contributed by atoms with E-state index in [1.165, 1.54) is 41.7 Å². The topological polar surface area (TPSA) is 75.3 Å². The van der Waals surface area contributed by atoms with E-state index in [1.54, 1.807) is 6.92 Å². The fraction of sp³-hybridized carbons (Fsp3) is 0.450. The Morgan fingerprint density at radius 1 is 1.43 bits per heavy atom. The number of hydrogen-bond acceptors (Lipinski definition) is 7. The molecule has 6 nitrogen and oxygen atoms in total. The monoisotopic (exact) mass is 415 g/mol. The summed E-state index contributed by atoms with van der Waals surface area (Å²) in [6.45, 7) is 3.37. The van der Waals surface area contributed by atoms with Crippen LogP contribution in [0.3, 0.4) is 0 Å². The average molecular weight is 416 g/mol. The summed E-state index contributed by atoms with van der Waals surface area (Å²) >= 11 is 3.09. The number of aryl methyl sites for hydroxylation is 1. The minimum Gasteiger partial charge on any atom is -0.465 e. The number of fused-ring (bicyclic) bond motifs is 2. The van der Waals surface area contributed by atoms with Gasteiger partial charge >= 0.3 is 5.97 Å². The van der Waals surface area contributed by atoms with Crippen molar-refractivity contribution in [1.82, 2.24) is 14.9 Å². The first-order chi connectivity index (χ1) is 13.6. The predicted octanol–water partition coefficient (Wildman–Crippen LogP) is 3.65. The highest BCUT2D eigenvalue weighted by atomic mass is 32.1. The van der Waals surface area contributed by atoms with E-state index in [-0.39, 0.29) is 5.56 Å². The van der Waals surface area contributed by atoms with Crippen molar-refractivity contribution in [2.24, 2.45) is 5.92 Å². The maximum absolute atomic E-state index is 12.7. The molecule has 0 saturated heterocycles. The largest absolute Gasteiger partial charge is 0.465 e. The van der Waals surface area contributed by atoms with Crippen molar-refractivity contribution in [3.05, 3.63) is 48.5 Å². The van der Waals surface area contributed by atoms with Gasteiger partial charge in [0, 0.05) is 17.5 Å². The van der Waals surface area contributed by atoms with Crippen LogP contribution in [0.2, 0.25) is 0 Å². The van der Waals surface area contributed by atoms with Gasteiger partial charge in [-0.05, 0) is 54.7 Å². The van der Waals surface area contributed by atoms with E-state index in [4.69, 9.17) is 9.72 Å². The lowest BCUT2D eigenvalue weighted by Gasteiger charge is -2.35. The zero-order valence-electron chi connectivity index (χ0n) is 15.8. The number of carbonyl (C=O) groups excluding carboxylic acids is 1. The normalized spacial score (nSPS) is 19.7. The number of nitrogens with one attached hydrogen (secondary N) is 1. The second kappa shape index (κ2) is 6.79. The van der Waals surface area contributed by atoms with Crippen LogP contribution in [0.1, 0.15) is 50.4 Å². The molecular weight excluding hydrogens is 394 g/mol. The minimum atomic E-state index is -0.420. The van der Waals surface area contributed by atoms with Crippen molar-refractivity contribution < 1.29 is 9.53 Å². The summed E-state index contributed by atoms with van der Waals surface area (Å²) in [5.41, 5.74) is 1.92. The molecule has 0 spiro atoms. The number of hydrogen-bond donors (Lipinski definition) is 1. The van der Waals surface area contributed by atoms with Gasteiger partial charge in [-0.25, -0.2) is 9.78 Å². The van der Waals surface area contributed by atoms with Gasteiger partial charge in [0.15, 0.2) is 0 Å². The Morgan fingerprint density at radius 3 is 3.00 bits per heavy atom. The number of ether oxygens (including phenoxy) is 1. The molecule has 0 radical (unpaired) electrons. The number of nitrogens with zero attached hydrogens (tertiary/aromatic N) is 2. The molecule has 1 atom stereocenters. The molecule has 3 aromatic rings. The summed E-state index contributed by atoms with van der Waals surface area (Å²) in [7, 11) is 1.35. The lowest BCUT2D eigenvalue weighted by Crippen LogP contribution is -2.36. The third-order valence-corrected chi connectivity index (χ3v) is 7.92. The van der Waals surface area contributed by atoms with Gasteiger partial charge in [0.1, 0.15) is 15.5 Å². The first-order valence-electron chi connectivity index (χ1n) is 9.47. The van der Waals surface area contributed by atoms with Crippen molar-refractivity contribution in [1.29, 1.82) is 0 Å². The van der Waals surface area contributed by atoms with E-state index in [1.807, 2.05) is 11.3 Å². The van der Waals surface area contributed by atoms with Gasteiger partial charge in [-0.3, -0.25) is 9.69 Å². The van der Waals surface area contributed by atoms with Crippen LogP contribution in [-0.4, -0.2) is 34.5 Å². The van der Waals surface area contributed by atoms with Crippen LogP contribution < -0.4 is 5.56 Å². The summed E-state index contributed by atoms with van der Waals surface area (Å²) in [5.74, 6) is 0.953. The predicted molar refractivity (Wildman–Crippen MR) is 110 cm³/mol. The third kappa shape index (κ3) is 2.91. The van der Waals surface area contributed by atoms with Crippen LogP contribution in [-0.2, 0) is 17.7 Å². The lowest BCUT2D eigenvalue weighted by molar-refractivity contribution is 0.0605. The quantitative estimate of drug-likeness (QED) is 0.659. The highest BCUT2D eigenvalue weighted by molar-refractivity contribution is 7.20. The number of aromatic amines is 1. The van der Waals surface area contributed by atoms with Crippen molar-refractivity contribution >= 4 is 38.9 Å². The molecule has 1 aliphatic heterocycles. The van der Waals surface area contributed by atoms with Crippen molar-refractivity contribution in [2.75, 3.05) is 13.7 Å². The van der Waals surface area contributed by atoms with Crippen molar-refractivity contribution in [3.63, 3.8) is 0 Å². The van der Waals surface area contributed by atoms with Crippen LogP contribution in [0.4, 0.5) is 0 Å². The Bertz CT molecular complexity index is 1130. The van der Waals surface area contributed by atoms with E-state index in [0.717, 1.165) is 13.0 Å². The van der Waals surface area contributed by atoms with Crippen LogP contribution in [0.5, 0.6) is 0 Å². The third-order valence-electron chi connectivity index (χ3n) is 5.76. The lowest BCUT2D eigenvalue weighted by atomic mass is 9.96. The Morgan fingerprint density at radius 2 is 2.25 bits per heavy atom. The molecule has 0 aromatic carbocycles. The Kier molecular flexibility index (Phi) is 4.37. The molecule has 1 N–H and O–H groups in total. The molecule has 1 aliphatic carbocycles. The average Bonchev–Trinajstić information content (AvgIpc) is 3.30. The number of carbonyl (C=O) groups is 1. The van der Waals surface area contributed by atoms with Gasteiger partial charge in [0.2, 0.25) is 0 Å². The molecular formula is C20H21N3O3S2.